The van der Waals surface area contributed by atoms with Crippen LogP contribution in [0.4, 0.5) is 0 Å². The maximum atomic E-state index is 12.8. The second-order valence-electron chi connectivity index (χ2n) is 7.61. The highest BCUT2D eigenvalue weighted by Gasteiger charge is 2.26. The highest BCUT2D eigenvalue weighted by molar-refractivity contribution is 5.95. The topological polar surface area (TPSA) is 50.8 Å². The van der Waals surface area contributed by atoms with Crippen molar-refractivity contribution in [2.75, 3.05) is 26.4 Å². The zero-order valence-corrected chi connectivity index (χ0v) is 16.3. The molecule has 0 radical (unpaired) electrons. The smallest absolute Gasteiger partial charge is 0.251 e. The monoisotopic (exact) mass is 388 g/mol. The van der Waals surface area contributed by atoms with Crippen LogP contribution in [0.2, 0.25) is 0 Å². The van der Waals surface area contributed by atoms with Gasteiger partial charge in [0, 0.05) is 12.1 Å². The van der Waals surface area contributed by atoms with Crippen LogP contribution in [0.3, 0.4) is 0 Å². The van der Waals surface area contributed by atoms with Gasteiger partial charge >= 0.3 is 0 Å². The van der Waals surface area contributed by atoms with Gasteiger partial charge in [-0.25, -0.2) is 0 Å². The molecular formula is C24H24N2O3. The molecule has 0 saturated carbocycles. The molecule has 0 spiro atoms. The molecular weight excluding hydrogens is 364 g/mol. The summed E-state index contributed by atoms with van der Waals surface area (Å²) in [7, 11) is 0. The Balaban J connectivity index is 1.40. The fourth-order valence-electron chi connectivity index (χ4n) is 4.36. The first-order valence-corrected chi connectivity index (χ1v) is 10.2. The Morgan fingerprint density at radius 2 is 1.76 bits per heavy atom. The molecule has 5 heteroatoms. The van der Waals surface area contributed by atoms with E-state index in [0.29, 0.717) is 23.6 Å². The molecule has 1 fully saturated rings. The largest absolute Gasteiger partial charge is 0.454 e. The van der Waals surface area contributed by atoms with Crippen molar-refractivity contribution in [1.29, 1.82) is 0 Å². The number of fused-ring (bicyclic) bond motifs is 2. The highest BCUT2D eigenvalue weighted by atomic mass is 16.7. The van der Waals surface area contributed by atoms with E-state index in [4.69, 9.17) is 9.47 Å². The van der Waals surface area contributed by atoms with Gasteiger partial charge in [-0.15, -0.1) is 0 Å². The van der Waals surface area contributed by atoms with Gasteiger partial charge in [-0.2, -0.15) is 0 Å². The number of nitrogens with one attached hydrogen (secondary N) is 1. The van der Waals surface area contributed by atoms with Crippen molar-refractivity contribution in [2.45, 2.75) is 18.9 Å². The highest BCUT2D eigenvalue weighted by Crippen LogP contribution is 2.33. The van der Waals surface area contributed by atoms with Gasteiger partial charge in [0.1, 0.15) is 0 Å². The molecule has 1 saturated heterocycles. The van der Waals surface area contributed by atoms with E-state index >= 15 is 0 Å². The van der Waals surface area contributed by atoms with E-state index in [0.717, 1.165) is 13.1 Å². The number of nitrogens with zero attached hydrogens (tertiary/aromatic N) is 1. The van der Waals surface area contributed by atoms with Crippen LogP contribution in [0.25, 0.3) is 10.8 Å². The molecule has 0 unspecified atom stereocenters. The number of hydrogen-bond acceptors (Lipinski definition) is 4. The lowest BCUT2D eigenvalue weighted by atomic mass is 9.97. The minimum Gasteiger partial charge on any atom is -0.454 e. The average Bonchev–Trinajstić information content (AvgIpc) is 3.45. The quantitative estimate of drug-likeness (QED) is 0.714. The van der Waals surface area contributed by atoms with Gasteiger partial charge in [0.25, 0.3) is 5.91 Å². The van der Waals surface area contributed by atoms with Crippen LogP contribution in [0, 0.1) is 0 Å². The molecule has 0 bridgehead atoms. The summed E-state index contributed by atoms with van der Waals surface area (Å²) in [5.74, 6) is 1.22. The van der Waals surface area contributed by atoms with Crippen LogP contribution >= 0.6 is 0 Å². The molecule has 3 aromatic carbocycles. The van der Waals surface area contributed by atoms with Gasteiger partial charge in [-0.05, 0) is 60.5 Å². The average molecular weight is 388 g/mol. The van der Waals surface area contributed by atoms with Crippen molar-refractivity contribution in [3.63, 3.8) is 0 Å². The molecule has 3 aromatic rings. The Labute approximate surface area is 170 Å². The van der Waals surface area contributed by atoms with Crippen LogP contribution in [-0.2, 0) is 0 Å². The summed E-state index contributed by atoms with van der Waals surface area (Å²) in [5, 5.41) is 5.64. The maximum absolute atomic E-state index is 12.8. The van der Waals surface area contributed by atoms with Crippen molar-refractivity contribution >= 4 is 16.7 Å². The molecule has 5 rings (SSSR count). The van der Waals surface area contributed by atoms with E-state index in [1.165, 1.54) is 29.2 Å². The second kappa shape index (κ2) is 7.76. The Morgan fingerprint density at radius 3 is 2.66 bits per heavy atom. The zero-order chi connectivity index (χ0) is 19.6. The summed E-state index contributed by atoms with van der Waals surface area (Å²) in [5.41, 5.74) is 1.86. The van der Waals surface area contributed by atoms with Crippen molar-refractivity contribution in [3.8, 4) is 11.5 Å². The molecule has 1 atom stereocenters. The van der Waals surface area contributed by atoms with Crippen LogP contribution < -0.4 is 14.8 Å². The van der Waals surface area contributed by atoms with Gasteiger partial charge in [-0.3, -0.25) is 9.69 Å². The van der Waals surface area contributed by atoms with Crippen molar-refractivity contribution in [3.05, 3.63) is 71.8 Å². The number of likely N-dealkylation sites (tertiary alicyclic amines) is 1. The van der Waals surface area contributed by atoms with Crippen molar-refractivity contribution in [2.24, 2.45) is 0 Å². The fraction of sp³-hybridized carbons (Fsp3) is 0.292. The van der Waals surface area contributed by atoms with E-state index in [9.17, 15) is 4.79 Å². The number of benzene rings is 3. The normalized spacial score (nSPS) is 16.8. The van der Waals surface area contributed by atoms with E-state index in [1.807, 2.05) is 0 Å². The first-order valence-electron chi connectivity index (χ1n) is 10.2. The van der Waals surface area contributed by atoms with Crippen LogP contribution in [0.15, 0.2) is 60.7 Å². The van der Waals surface area contributed by atoms with E-state index in [2.05, 4.69) is 52.7 Å². The minimum absolute atomic E-state index is 0.0901. The van der Waals surface area contributed by atoms with E-state index in [-0.39, 0.29) is 18.7 Å². The number of ether oxygens (including phenoxy) is 2. The zero-order valence-electron chi connectivity index (χ0n) is 16.3. The third-order valence-electron chi connectivity index (χ3n) is 5.85. The predicted molar refractivity (Wildman–Crippen MR) is 112 cm³/mol. The summed E-state index contributed by atoms with van der Waals surface area (Å²) in [4.78, 5) is 15.3. The molecule has 0 aromatic heterocycles. The number of hydrogen-bond donors (Lipinski definition) is 1. The SMILES string of the molecule is O=C(NC[C@H](c1cccc2ccccc12)N1CCCC1)c1ccc2c(c1)OCO2. The number of rotatable bonds is 5. The lowest BCUT2D eigenvalue weighted by Crippen LogP contribution is -2.36. The van der Waals surface area contributed by atoms with Crippen molar-refractivity contribution in [1.82, 2.24) is 10.2 Å². The van der Waals surface area contributed by atoms with Crippen LogP contribution in [0.5, 0.6) is 11.5 Å². The molecule has 148 valence electrons. The first kappa shape index (κ1) is 18.0. The van der Waals surface area contributed by atoms with E-state index < -0.39 is 0 Å². The molecule has 2 heterocycles. The third-order valence-corrected chi connectivity index (χ3v) is 5.85. The molecule has 1 amide bonds. The van der Waals surface area contributed by atoms with Gasteiger partial charge in [0.2, 0.25) is 6.79 Å². The number of carbonyl (C=O) groups excluding carboxylic acids is 1. The number of amides is 1. The summed E-state index contributed by atoms with van der Waals surface area (Å²) >= 11 is 0. The predicted octanol–water partition coefficient (Wildman–Crippen LogP) is 4.14. The van der Waals surface area contributed by atoms with Crippen LogP contribution in [0.1, 0.15) is 34.8 Å². The standard InChI is InChI=1S/C24H24N2O3/c27-24(18-10-11-22-23(14-18)29-16-28-22)25-15-21(26-12-3-4-13-26)20-9-5-7-17-6-1-2-8-19(17)20/h1-2,5-11,14,21H,3-4,12-13,15-16H2,(H,25,27)/t21-/m1/s1. The van der Waals surface area contributed by atoms with Gasteiger partial charge < -0.3 is 14.8 Å². The van der Waals surface area contributed by atoms with Gasteiger partial charge in [-0.1, -0.05) is 42.5 Å². The lowest BCUT2D eigenvalue weighted by Gasteiger charge is -2.29. The van der Waals surface area contributed by atoms with Gasteiger partial charge in [0.15, 0.2) is 11.5 Å². The van der Waals surface area contributed by atoms with Crippen molar-refractivity contribution < 1.29 is 14.3 Å². The second-order valence-corrected chi connectivity index (χ2v) is 7.61. The molecule has 2 aliphatic rings. The fourth-order valence-corrected chi connectivity index (χ4v) is 4.36. The first-order chi connectivity index (χ1) is 14.3. The Hall–Kier alpha value is -3.05. The molecule has 29 heavy (non-hydrogen) atoms. The summed E-state index contributed by atoms with van der Waals surface area (Å²) in [6, 6.07) is 20.4. The van der Waals surface area contributed by atoms with Gasteiger partial charge in [0.05, 0.1) is 6.04 Å². The minimum atomic E-state index is -0.0901. The molecule has 1 N–H and O–H groups in total. The molecule has 2 aliphatic heterocycles. The van der Waals surface area contributed by atoms with E-state index in [1.54, 1.807) is 18.2 Å². The Morgan fingerprint density at radius 1 is 0.966 bits per heavy atom. The lowest BCUT2D eigenvalue weighted by molar-refractivity contribution is 0.0937. The summed E-state index contributed by atoms with van der Waals surface area (Å²) < 4.78 is 10.7. The molecule has 0 aliphatic carbocycles. The summed E-state index contributed by atoms with van der Waals surface area (Å²) in [6.45, 7) is 2.90. The summed E-state index contributed by atoms with van der Waals surface area (Å²) in [6.07, 6.45) is 2.41. The molecule has 5 nitrogen and oxygen atoms in total. The number of carbonyl (C=O) groups is 1. The Bertz CT molecular complexity index is 1040. The Kier molecular flexibility index (Phi) is 4.82. The maximum Gasteiger partial charge on any atom is 0.251 e. The van der Waals surface area contributed by atoms with Crippen LogP contribution in [-0.4, -0.2) is 37.2 Å². The third kappa shape index (κ3) is 3.54.